The number of amides is 1. The van der Waals surface area contributed by atoms with Crippen molar-refractivity contribution >= 4 is 18.3 Å². The fourth-order valence-electron chi connectivity index (χ4n) is 3.34. The Kier molecular flexibility index (Phi) is 6.99. The maximum atomic E-state index is 12.5. The Labute approximate surface area is 159 Å². The summed E-state index contributed by atoms with van der Waals surface area (Å²) in [4.78, 5) is 16.9. The highest BCUT2D eigenvalue weighted by molar-refractivity contribution is 5.85. The van der Waals surface area contributed by atoms with E-state index >= 15 is 0 Å². The Morgan fingerprint density at radius 2 is 2.27 bits per heavy atom. The van der Waals surface area contributed by atoms with E-state index in [1.165, 1.54) is 0 Å². The van der Waals surface area contributed by atoms with E-state index in [4.69, 9.17) is 15.0 Å². The lowest BCUT2D eigenvalue weighted by atomic mass is 9.95. The molecule has 142 valence electrons. The van der Waals surface area contributed by atoms with E-state index in [0.29, 0.717) is 18.3 Å². The van der Waals surface area contributed by atoms with Gasteiger partial charge in [0.05, 0.1) is 7.11 Å². The summed E-state index contributed by atoms with van der Waals surface area (Å²) in [6.07, 6.45) is 2.96. The van der Waals surface area contributed by atoms with Gasteiger partial charge in [0.25, 0.3) is 0 Å². The van der Waals surface area contributed by atoms with E-state index in [1.54, 1.807) is 7.11 Å². The third-order valence-corrected chi connectivity index (χ3v) is 4.80. The van der Waals surface area contributed by atoms with Crippen LogP contribution in [0.2, 0.25) is 0 Å². The third kappa shape index (κ3) is 4.34. The molecule has 0 bridgehead atoms. The van der Waals surface area contributed by atoms with Crippen molar-refractivity contribution < 1.29 is 14.1 Å². The van der Waals surface area contributed by atoms with Crippen LogP contribution in [-0.2, 0) is 4.79 Å². The number of ether oxygens (including phenoxy) is 1. The molecule has 0 radical (unpaired) electrons. The van der Waals surface area contributed by atoms with Crippen LogP contribution in [0.1, 0.15) is 38.1 Å². The van der Waals surface area contributed by atoms with Crippen molar-refractivity contribution in [2.24, 2.45) is 17.6 Å². The van der Waals surface area contributed by atoms with Gasteiger partial charge in [0.2, 0.25) is 17.6 Å². The topological polar surface area (TPSA) is 103 Å². The predicted octanol–water partition coefficient (Wildman–Crippen LogP) is 2.72. The molecule has 3 rings (SSSR count). The van der Waals surface area contributed by atoms with Crippen molar-refractivity contribution in [1.29, 1.82) is 0 Å². The third-order valence-electron chi connectivity index (χ3n) is 4.80. The highest BCUT2D eigenvalue weighted by atomic mass is 35.5. The van der Waals surface area contributed by atoms with Crippen LogP contribution in [0, 0.1) is 11.8 Å². The van der Waals surface area contributed by atoms with Crippen LogP contribution < -0.4 is 15.8 Å². The minimum atomic E-state index is -0.349. The average Bonchev–Trinajstić information content (AvgIpc) is 3.30. The molecule has 3 atom stereocenters. The second-order valence-electron chi connectivity index (χ2n) is 6.45. The maximum absolute atomic E-state index is 12.5. The minimum absolute atomic E-state index is 0. The van der Waals surface area contributed by atoms with Crippen LogP contribution in [0.15, 0.2) is 28.8 Å². The molecule has 1 aromatic carbocycles. The van der Waals surface area contributed by atoms with E-state index in [9.17, 15) is 4.79 Å². The Balaban J connectivity index is 0.00000243. The van der Waals surface area contributed by atoms with Gasteiger partial charge in [-0.1, -0.05) is 23.7 Å². The first-order chi connectivity index (χ1) is 12.1. The maximum Gasteiger partial charge on any atom is 0.249 e. The van der Waals surface area contributed by atoms with Crippen LogP contribution in [0.25, 0.3) is 11.4 Å². The van der Waals surface area contributed by atoms with Crippen molar-refractivity contribution in [3.8, 4) is 17.1 Å². The molecule has 3 N–H and O–H groups in total. The number of carbonyl (C=O) groups is 1. The van der Waals surface area contributed by atoms with Crippen LogP contribution >= 0.6 is 12.4 Å². The van der Waals surface area contributed by atoms with Gasteiger partial charge < -0.3 is 20.3 Å². The lowest BCUT2D eigenvalue weighted by Gasteiger charge is -2.19. The number of methoxy groups -OCH3 is 1. The molecule has 1 unspecified atom stereocenters. The normalized spacial score (nSPS) is 20.3. The first-order valence-corrected chi connectivity index (χ1v) is 8.61. The molecule has 1 aliphatic carbocycles. The standard InChI is InChI=1S/C18H24N4O3.ClH/c1-11(20-17(23)15-8-4-6-13(15)10-19)18-21-16(22-25-18)12-5-3-7-14(9-12)24-2;/h3,5,7,9,11,13,15H,4,6,8,10,19H2,1-2H3,(H,20,23);1H/t11?,13-,15-;/m1./s1. The molecular weight excluding hydrogens is 356 g/mol. The van der Waals surface area contributed by atoms with Gasteiger partial charge in [-0.15, -0.1) is 12.4 Å². The summed E-state index contributed by atoms with van der Waals surface area (Å²) < 4.78 is 10.5. The molecular formula is C18H25ClN4O3. The van der Waals surface area contributed by atoms with Crippen molar-refractivity contribution in [2.75, 3.05) is 13.7 Å². The van der Waals surface area contributed by atoms with Gasteiger partial charge in [-0.25, -0.2) is 0 Å². The zero-order valence-electron chi connectivity index (χ0n) is 15.0. The number of halogens is 1. The number of carbonyl (C=O) groups excluding carboxylic acids is 1. The Morgan fingerprint density at radius 3 is 3.00 bits per heavy atom. The molecule has 1 aromatic heterocycles. The predicted molar refractivity (Wildman–Crippen MR) is 100.0 cm³/mol. The first kappa shape index (κ1) is 20.2. The van der Waals surface area contributed by atoms with Gasteiger partial charge in [-0.3, -0.25) is 4.79 Å². The number of benzene rings is 1. The molecule has 7 nitrogen and oxygen atoms in total. The monoisotopic (exact) mass is 380 g/mol. The van der Waals surface area contributed by atoms with Gasteiger partial charge in [-0.05, 0) is 44.4 Å². The lowest BCUT2D eigenvalue weighted by molar-refractivity contribution is -0.126. The van der Waals surface area contributed by atoms with Crippen LogP contribution in [0.4, 0.5) is 0 Å². The number of hydrogen-bond donors (Lipinski definition) is 2. The highest BCUT2D eigenvalue weighted by Gasteiger charge is 2.33. The zero-order valence-corrected chi connectivity index (χ0v) is 15.8. The second kappa shape index (κ2) is 9.00. The van der Waals surface area contributed by atoms with Crippen molar-refractivity contribution in [2.45, 2.75) is 32.2 Å². The smallest absolute Gasteiger partial charge is 0.249 e. The molecule has 0 saturated heterocycles. The number of nitrogens with zero attached hydrogens (tertiary/aromatic N) is 2. The van der Waals surface area contributed by atoms with Crippen molar-refractivity contribution in [3.05, 3.63) is 30.2 Å². The number of nitrogens with two attached hydrogens (primary N) is 1. The summed E-state index contributed by atoms with van der Waals surface area (Å²) in [5.74, 6) is 1.83. The number of aromatic nitrogens is 2. The molecule has 1 saturated carbocycles. The van der Waals surface area contributed by atoms with E-state index in [-0.39, 0.29) is 36.2 Å². The highest BCUT2D eigenvalue weighted by Crippen LogP contribution is 2.31. The lowest BCUT2D eigenvalue weighted by Crippen LogP contribution is -2.36. The molecule has 8 heteroatoms. The van der Waals surface area contributed by atoms with Crippen molar-refractivity contribution in [3.63, 3.8) is 0 Å². The summed E-state index contributed by atoms with van der Waals surface area (Å²) in [7, 11) is 1.61. The summed E-state index contributed by atoms with van der Waals surface area (Å²) in [5, 5.41) is 6.98. The Bertz CT molecular complexity index is 737. The molecule has 1 fully saturated rings. The molecule has 2 aromatic rings. The van der Waals surface area contributed by atoms with Crippen LogP contribution in [0.5, 0.6) is 5.75 Å². The average molecular weight is 381 g/mol. The number of nitrogens with one attached hydrogen (secondary N) is 1. The molecule has 1 heterocycles. The SMILES string of the molecule is COc1cccc(-c2noc(C(C)NC(=O)[C@@H]3CCC[C@@H]3CN)n2)c1.Cl. The summed E-state index contributed by atoms with van der Waals surface area (Å²) in [6, 6.07) is 7.08. The molecule has 26 heavy (non-hydrogen) atoms. The molecule has 1 amide bonds. The van der Waals surface area contributed by atoms with E-state index < -0.39 is 0 Å². The van der Waals surface area contributed by atoms with Crippen LogP contribution in [-0.4, -0.2) is 29.7 Å². The van der Waals surface area contributed by atoms with Gasteiger partial charge in [0, 0.05) is 11.5 Å². The zero-order chi connectivity index (χ0) is 17.8. The largest absolute Gasteiger partial charge is 0.497 e. The van der Waals surface area contributed by atoms with E-state index in [2.05, 4.69) is 15.5 Å². The molecule has 1 aliphatic rings. The second-order valence-corrected chi connectivity index (χ2v) is 6.45. The number of rotatable bonds is 6. The number of hydrogen-bond acceptors (Lipinski definition) is 6. The van der Waals surface area contributed by atoms with Crippen LogP contribution in [0.3, 0.4) is 0 Å². The van der Waals surface area contributed by atoms with E-state index in [0.717, 1.165) is 30.6 Å². The van der Waals surface area contributed by atoms with E-state index in [1.807, 2.05) is 31.2 Å². The fraction of sp³-hybridized carbons (Fsp3) is 0.500. The quantitative estimate of drug-likeness (QED) is 0.798. The summed E-state index contributed by atoms with van der Waals surface area (Å²) in [5.41, 5.74) is 6.56. The first-order valence-electron chi connectivity index (χ1n) is 8.61. The van der Waals surface area contributed by atoms with Gasteiger partial charge in [-0.2, -0.15) is 4.98 Å². The fourth-order valence-corrected chi connectivity index (χ4v) is 3.34. The molecule has 0 aliphatic heterocycles. The minimum Gasteiger partial charge on any atom is -0.497 e. The molecule has 0 spiro atoms. The Morgan fingerprint density at radius 1 is 1.46 bits per heavy atom. The van der Waals surface area contributed by atoms with Crippen molar-refractivity contribution in [1.82, 2.24) is 15.5 Å². The van der Waals surface area contributed by atoms with Gasteiger partial charge in [0.1, 0.15) is 11.8 Å². The van der Waals surface area contributed by atoms with Gasteiger partial charge in [0.15, 0.2) is 0 Å². The van der Waals surface area contributed by atoms with Gasteiger partial charge >= 0.3 is 0 Å². The summed E-state index contributed by atoms with van der Waals surface area (Å²) >= 11 is 0. The Hall–Kier alpha value is -2.12. The summed E-state index contributed by atoms with van der Waals surface area (Å²) in [6.45, 7) is 2.39.